The summed E-state index contributed by atoms with van der Waals surface area (Å²) in [4.78, 5) is 20.3. The number of hydrogen-bond acceptors (Lipinski definition) is 5. The van der Waals surface area contributed by atoms with Crippen LogP contribution in [0.15, 0.2) is 6.07 Å². The molecule has 106 valence electrons. The zero-order valence-electron chi connectivity index (χ0n) is 11.8. The van der Waals surface area contributed by atoms with Gasteiger partial charge in [0.05, 0.1) is 6.61 Å². The lowest BCUT2D eigenvalue weighted by Crippen LogP contribution is -2.28. The van der Waals surface area contributed by atoms with E-state index in [9.17, 15) is 4.79 Å². The zero-order chi connectivity index (χ0) is 14.1. The highest BCUT2D eigenvalue weighted by atomic mass is 16.5. The van der Waals surface area contributed by atoms with Gasteiger partial charge in [-0.3, -0.25) is 4.79 Å². The molecule has 0 fully saturated rings. The molecule has 0 aromatic carbocycles. The van der Waals surface area contributed by atoms with Gasteiger partial charge in [-0.25, -0.2) is 9.97 Å². The molecule has 0 unspecified atom stereocenters. The van der Waals surface area contributed by atoms with E-state index in [1.54, 1.807) is 20.1 Å². The smallest absolute Gasteiger partial charge is 0.270 e. The molecule has 0 radical (unpaired) electrons. The van der Waals surface area contributed by atoms with Crippen LogP contribution in [0.5, 0.6) is 0 Å². The van der Waals surface area contributed by atoms with Gasteiger partial charge in [0.15, 0.2) is 0 Å². The molecule has 1 aromatic heterocycles. The van der Waals surface area contributed by atoms with Crippen molar-refractivity contribution in [3.8, 4) is 0 Å². The number of rotatable bonds is 8. The Morgan fingerprint density at radius 1 is 1.37 bits per heavy atom. The molecule has 0 aliphatic heterocycles. The van der Waals surface area contributed by atoms with Gasteiger partial charge in [-0.05, 0) is 13.3 Å². The lowest BCUT2D eigenvalue weighted by atomic mass is 10.3. The molecule has 2 N–H and O–H groups in total. The van der Waals surface area contributed by atoms with Gasteiger partial charge in [-0.1, -0.05) is 13.3 Å². The summed E-state index contributed by atoms with van der Waals surface area (Å²) < 4.78 is 4.88. The van der Waals surface area contributed by atoms with Crippen LogP contribution in [0.4, 0.5) is 5.82 Å². The Balaban J connectivity index is 2.64. The first-order valence-electron chi connectivity index (χ1n) is 6.54. The van der Waals surface area contributed by atoms with Crippen molar-refractivity contribution in [1.82, 2.24) is 15.3 Å². The quantitative estimate of drug-likeness (QED) is 0.695. The number of carbonyl (C=O) groups excluding carboxylic acids is 1. The largest absolute Gasteiger partial charge is 0.383 e. The Hall–Kier alpha value is -1.69. The van der Waals surface area contributed by atoms with E-state index in [-0.39, 0.29) is 5.91 Å². The number of nitrogens with zero attached hydrogens (tertiary/aromatic N) is 2. The van der Waals surface area contributed by atoms with Crippen LogP contribution in [0.2, 0.25) is 0 Å². The van der Waals surface area contributed by atoms with Crippen molar-refractivity contribution in [3.63, 3.8) is 0 Å². The Labute approximate surface area is 114 Å². The molecule has 6 heteroatoms. The van der Waals surface area contributed by atoms with Crippen LogP contribution in [-0.4, -0.2) is 42.7 Å². The minimum absolute atomic E-state index is 0.207. The predicted octanol–water partition coefficient (Wildman–Crippen LogP) is 1.37. The third kappa shape index (κ3) is 5.65. The van der Waals surface area contributed by atoms with Crippen molar-refractivity contribution in [2.75, 3.05) is 32.1 Å². The van der Waals surface area contributed by atoms with Crippen LogP contribution in [-0.2, 0) is 4.74 Å². The van der Waals surface area contributed by atoms with E-state index in [1.807, 2.05) is 0 Å². The van der Waals surface area contributed by atoms with Crippen LogP contribution in [0, 0.1) is 6.92 Å². The van der Waals surface area contributed by atoms with Crippen molar-refractivity contribution < 1.29 is 9.53 Å². The van der Waals surface area contributed by atoms with Gasteiger partial charge in [0.25, 0.3) is 5.91 Å². The second-order valence-electron chi connectivity index (χ2n) is 4.21. The maximum absolute atomic E-state index is 11.9. The fourth-order valence-electron chi connectivity index (χ4n) is 1.52. The number of carbonyl (C=O) groups is 1. The van der Waals surface area contributed by atoms with E-state index in [4.69, 9.17) is 4.74 Å². The van der Waals surface area contributed by atoms with Crippen molar-refractivity contribution in [1.29, 1.82) is 0 Å². The number of methoxy groups -OCH3 is 1. The third-order valence-corrected chi connectivity index (χ3v) is 2.50. The monoisotopic (exact) mass is 266 g/mol. The third-order valence-electron chi connectivity index (χ3n) is 2.50. The van der Waals surface area contributed by atoms with E-state index in [2.05, 4.69) is 27.5 Å². The normalized spacial score (nSPS) is 10.3. The number of aromatic nitrogens is 2. The molecule has 1 rings (SSSR count). The average Bonchev–Trinajstić information content (AvgIpc) is 2.38. The standard InChI is InChI=1S/C13H22N4O2/c1-4-5-6-14-12-9-11(16-10(2)17-12)13(18)15-7-8-19-3/h9H,4-8H2,1-3H3,(H,15,18)(H,14,16,17). The van der Waals surface area contributed by atoms with Gasteiger partial charge in [-0.2, -0.15) is 0 Å². The first-order valence-corrected chi connectivity index (χ1v) is 6.54. The lowest BCUT2D eigenvalue weighted by Gasteiger charge is -2.08. The molecular weight excluding hydrogens is 244 g/mol. The second kappa shape index (κ2) is 8.42. The highest BCUT2D eigenvalue weighted by Crippen LogP contribution is 2.07. The number of unbranched alkanes of at least 4 members (excludes halogenated alkanes) is 1. The van der Waals surface area contributed by atoms with Crippen LogP contribution in [0.3, 0.4) is 0 Å². The fourth-order valence-corrected chi connectivity index (χ4v) is 1.52. The molecule has 0 atom stereocenters. The predicted molar refractivity (Wildman–Crippen MR) is 74.4 cm³/mol. The topological polar surface area (TPSA) is 76.1 Å². The number of nitrogens with one attached hydrogen (secondary N) is 2. The SMILES string of the molecule is CCCCNc1cc(C(=O)NCCOC)nc(C)n1. The Kier molecular flexibility index (Phi) is 6.81. The highest BCUT2D eigenvalue weighted by molar-refractivity contribution is 5.92. The molecule has 0 bridgehead atoms. The summed E-state index contributed by atoms with van der Waals surface area (Å²) in [5.41, 5.74) is 0.377. The van der Waals surface area contributed by atoms with E-state index >= 15 is 0 Å². The Bertz CT molecular complexity index is 410. The number of ether oxygens (including phenoxy) is 1. The van der Waals surface area contributed by atoms with Crippen LogP contribution in [0.1, 0.15) is 36.1 Å². The molecule has 1 heterocycles. The van der Waals surface area contributed by atoms with Crippen LogP contribution in [0.25, 0.3) is 0 Å². The van der Waals surface area contributed by atoms with Gasteiger partial charge in [0, 0.05) is 26.3 Å². The van der Waals surface area contributed by atoms with Crippen molar-refractivity contribution in [3.05, 3.63) is 17.6 Å². The fraction of sp³-hybridized carbons (Fsp3) is 0.615. The first-order chi connectivity index (χ1) is 9.17. The summed E-state index contributed by atoms with van der Waals surface area (Å²) in [6.07, 6.45) is 2.18. The maximum Gasteiger partial charge on any atom is 0.270 e. The Morgan fingerprint density at radius 2 is 2.16 bits per heavy atom. The lowest BCUT2D eigenvalue weighted by molar-refractivity contribution is 0.0932. The van der Waals surface area contributed by atoms with Crippen molar-refractivity contribution >= 4 is 11.7 Å². The average molecular weight is 266 g/mol. The molecule has 1 amide bonds. The second-order valence-corrected chi connectivity index (χ2v) is 4.21. The summed E-state index contributed by atoms with van der Waals surface area (Å²) in [6.45, 7) is 5.70. The van der Waals surface area contributed by atoms with Crippen LogP contribution >= 0.6 is 0 Å². The molecule has 0 aliphatic carbocycles. The summed E-state index contributed by atoms with van der Waals surface area (Å²) in [7, 11) is 1.59. The summed E-state index contributed by atoms with van der Waals surface area (Å²) >= 11 is 0. The van der Waals surface area contributed by atoms with Crippen molar-refractivity contribution in [2.45, 2.75) is 26.7 Å². The highest BCUT2D eigenvalue weighted by Gasteiger charge is 2.09. The molecule has 0 saturated carbocycles. The summed E-state index contributed by atoms with van der Waals surface area (Å²) in [5.74, 6) is 1.07. The van der Waals surface area contributed by atoms with E-state index in [0.717, 1.165) is 19.4 Å². The van der Waals surface area contributed by atoms with Gasteiger partial charge < -0.3 is 15.4 Å². The number of anilines is 1. The minimum atomic E-state index is -0.207. The molecule has 0 saturated heterocycles. The van der Waals surface area contributed by atoms with Crippen molar-refractivity contribution in [2.24, 2.45) is 0 Å². The molecule has 19 heavy (non-hydrogen) atoms. The molecular formula is C13H22N4O2. The number of aryl methyl sites for hydroxylation is 1. The molecule has 6 nitrogen and oxygen atoms in total. The zero-order valence-corrected chi connectivity index (χ0v) is 11.8. The minimum Gasteiger partial charge on any atom is -0.383 e. The molecule has 0 spiro atoms. The van der Waals surface area contributed by atoms with E-state index < -0.39 is 0 Å². The first kappa shape index (κ1) is 15.4. The van der Waals surface area contributed by atoms with Crippen LogP contribution < -0.4 is 10.6 Å². The summed E-state index contributed by atoms with van der Waals surface area (Å²) in [5, 5.41) is 5.93. The number of hydrogen-bond donors (Lipinski definition) is 2. The van der Waals surface area contributed by atoms with E-state index in [1.165, 1.54) is 0 Å². The van der Waals surface area contributed by atoms with Gasteiger partial charge in [0.2, 0.25) is 0 Å². The summed E-state index contributed by atoms with van der Waals surface area (Å²) in [6, 6.07) is 1.67. The van der Waals surface area contributed by atoms with E-state index in [0.29, 0.717) is 30.5 Å². The molecule has 0 aliphatic rings. The van der Waals surface area contributed by atoms with Gasteiger partial charge in [-0.15, -0.1) is 0 Å². The van der Waals surface area contributed by atoms with Gasteiger partial charge in [0.1, 0.15) is 17.3 Å². The Morgan fingerprint density at radius 3 is 2.84 bits per heavy atom. The molecule has 1 aromatic rings. The maximum atomic E-state index is 11.9. The van der Waals surface area contributed by atoms with Gasteiger partial charge >= 0.3 is 0 Å². The number of amides is 1.